The Morgan fingerprint density at radius 1 is 1.08 bits per heavy atom. The normalized spacial score (nSPS) is 17.4. The monoisotopic (exact) mass is 333 g/mol. The number of fused-ring (bicyclic) bond motifs is 1. The molecule has 0 amide bonds. The standard InChI is InChI=1S/C19H18F3NO/c20-19(21,22)16-6-1-12(2-7-16)9-18(24)15-4-3-14-11-17(23)8-5-13(14)10-15/h1-4,6-7,10,17H,5,8-9,11,23H2. The SMILES string of the molecule is NC1CCc2cc(C(=O)Cc3ccc(C(F)(F)F)cc3)ccc2C1. The molecule has 5 heteroatoms. The predicted octanol–water partition coefficient (Wildman–Crippen LogP) is 3.95. The Labute approximate surface area is 138 Å². The maximum Gasteiger partial charge on any atom is 0.416 e. The van der Waals surface area contributed by atoms with E-state index in [1.54, 1.807) is 6.07 Å². The summed E-state index contributed by atoms with van der Waals surface area (Å²) < 4.78 is 37.7. The van der Waals surface area contributed by atoms with Crippen LogP contribution in [0.4, 0.5) is 13.2 Å². The first-order valence-electron chi connectivity index (χ1n) is 7.89. The fourth-order valence-electron chi connectivity index (χ4n) is 3.06. The van der Waals surface area contributed by atoms with Gasteiger partial charge in [0, 0.05) is 18.0 Å². The van der Waals surface area contributed by atoms with Gasteiger partial charge >= 0.3 is 6.18 Å². The van der Waals surface area contributed by atoms with E-state index in [2.05, 4.69) is 0 Å². The Kier molecular flexibility index (Phi) is 4.45. The highest BCUT2D eigenvalue weighted by Crippen LogP contribution is 2.29. The van der Waals surface area contributed by atoms with Crippen molar-refractivity contribution < 1.29 is 18.0 Å². The summed E-state index contributed by atoms with van der Waals surface area (Å²) in [6.07, 6.45) is -1.68. The Bertz CT molecular complexity index is 750. The molecule has 0 aliphatic heterocycles. The summed E-state index contributed by atoms with van der Waals surface area (Å²) in [5, 5.41) is 0. The largest absolute Gasteiger partial charge is 0.416 e. The van der Waals surface area contributed by atoms with Gasteiger partial charge in [0.05, 0.1) is 5.56 Å². The highest BCUT2D eigenvalue weighted by molar-refractivity contribution is 5.97. The summed E-state index contributed by atoms with van der Waals surface area (Å²) in [6, 6.07) is 10.5. The number of halogens is 3. The smallest absolute Gasteiger partial charge is 0.327 e. The molecule has 0 bridgehead atoms. The maximum absolute atomic E-state index is 12.6. The molecule has 2 nitrogen and oxygen atoms in total. The number of carbonyl (C=O) groups excluding carboxylic acids is 1. The average molecular weight is 333 g/mol. The molecule has 2 aromatic carbocycles. The first-order valence-corrected chi connectivity index (χ1v) is 7.89. The molecular weight excluding hydrogens is 315 g/mol. The zero-order valence-corrected chi connectivity index (χ0v) is 13.1. The lowest BCUT2D eigenvalue weighted by atomic mass is 9.87. The molecule has 0 aromatic heterocycles. The van der Waals surface area contributed by atoms with E-state index in [1.165, 1.54) is 17.7 Å². The third kappa shape index (κ3) is 3.67. The number of carbonyl (C=O) groups is 1. The minimum Gasteiger partial charge on any atom is -0.327 e. The van der Waals surface area contributed by atoms with Crippen LogP contribution in [0.25, 0.3) is 0 Å². The zero-order chi connectivity index (χ0) is 17.3. The van der Waals surface area contributed by atoms with Gasteiger partial charge in [0.1, 0.15) is 0 Å². The second-order valence-corrected chi connectivity index (χ2v) is 6.28. The quantitative estimate of drug-likeness (QED) is 0.865. The van der Waals surface area contributed by atoms with E-state index in [0.29, 0.717) is 11.1 Å². The molecule has 126 valence electrons. The predicted molar refractivity (Wildman–Crippen MR) is 85.9 cm³/mol. The van der Waals surface area contributed by atoms with E-state index in [-0.39, 0.29) is 18.2 Å². The van der Waals surface area contributed by atoms with Crippen LogP contribution in [0, 0.1) is 0 Å². The zero-order valence-electron chi connectivity index (χ0n) is 13.1. The van der Waals surface area contributed by atoms with Crippen LogP contribution in [-0.4, -0.2) is 11.8 Å². The fourth-order valence-corrected chi connectivity index (χ4v) is 3.06. The molecule has 1 aliphatic carbocycles. The molecule has 0 radical (unpaired) electrons. The number of aryl methyl sites for hydroxylation is 1. The molecular formula is C19H18F3NO. The van der Waals surface area contributed by atoms with Crippen LogP contribution < -0.4 is 5.73 Å². The number of nitrogens with two attached hydrogens (primary N) is 1. The van der Waals surface area contributed by atoms with Gasteiger partial charge in [-0.1, -0.05) is 24.3 Å². The van der Waals surface area contributed by atoms with Gasteiger partial charge in [-0.15, -0.1) is 0 Å². The third-order valence-electron chi connectivity index (χ3n) is 4.44. The summed E-state index contributed by atoms with van der Waals surface area (Å²) in [5.74, 6) is -0.0903. The van der Waals surface area contributed by atoms with E-state index < -0.39 is 11.7 Å². The summed E-state index contributed by atoms with van der Waals surface area (Å²) in [7, 11) is 0. The summed E-state index contributed by atoms with van der Waals surface area (Å²) >= 11 is 0. The van der Waals surface area contributed by atoms with Crippen molar-refractivity contribution in [2.24, 2.45) is 5.73 Å². The molecule has 0 saturated heterocycles. The van der Waals surface area contributed by atoms with Crippen molar-refractivity contribution in [1.82, 2.24) is 0 Å². The van der Waals surface area contributed by atoms with E-state index >= 15 is 0 Å². The minimum atomic E-state index is -4.36. The molecule has 0 fully saturated rings. The van der Waals surface area contributed by atoms with Gasteiger partial charge in [-0.25, -0.2) is 0 Å². The molecule has 2 aromatic rings. The second kappa shape index (κ2) is 6.40. The Balaban J connectivity index is 1.73. The van der Waals surface area contributed by atoms with Crippen LogP contribution in [0.15, 0.2) is 42.5 Å². The third-order valence-corrected chi connectivity index (χ3v) is 4.44. The molecule has 2 N–H and O–H groups in total. The van der Waals surface area contributed by atoms with Gasteiger partial charge in [-0.3, -0.25) is 4.79 Å². The van der Waals surface area contributed by atoms with Crippen molar-refractivity contribution in [3.63, 3.8) is 0 Å². The number of hydrogen-bond acceptors (Lipinski definition) is 2. The van der Waals surface area contributed by atoms with Crippen molar-refractivity contribution in [3.05, 3.63) is 70.3 Å². The first kappa shape index (κ1) is 16.7. The first-order chi connectivity index (χ1) is 11.3. The maximum atomic E-state index is 12.6. The minimum absolute atomic E-state index is 0.0903. The van der Waals surface area contributed by atoms with Crippen LogP contribution in [-0.2, 0) is 25.4 Å². The van der Waals surface area contributed by atoms with Crippen molar-refractivity contribution >= 4 is 5.78 Å². The number of ketones is 1. The lowest BCUT2D eigenvalue weighted by Crippen LogP contribution is -2.28. The van der Waals surface area contributed by atoms with Gasteiger partial charge in [-0.05, 0) is 54.2 Å². The molecule has 1 atom stereocenters. The van der Waals surface area contributed by atoms with Crippen LogP contribution in [0.5, 0.6) is 0 Å². The lowest BCUT2D eigenvalue weighted by Gasteiger charge is -2.21. The van der Waals surface area contributed by atoms with Crippen LogP contribution in [0.2, 0.25) is 0 Å². The van der Waals surface area contributed by atoms with Crippen molar-refractivity contribution in [3.8, 4) is 0 Å². The van der Waals surface area contributed by atoms with Crippen LogP contribution in [0.3, 0.4) is 0 Å². The van der Waals surface area contributed by atoms with E-state index in [1.807, 2.05) is 12.1 Å². The molecule has 24 heavy (non-hydrogen) atoms. The molecule has 1 unspecified atom stereocenters. The molecule has 1 aliphatic rings. The number of rotatable bonds is 3. The molecule has 0 spiro atoms. The van der Waals surface area contributed by atoms with Crippen molar-refractivity contribution in [2.75, 3.05) is 0 Å². The van der Waals surface area contributed by atoms with E-state index in [9.17, 15) is 18.0 Å². The molecule has 3 rings (SSSR count). The number of Topliss-reactive ketones (excluding diaryl/α,β-unsaturated/α-hetero) is 1. The van der Waals surface area contributed by atoms with Gasteiger partial charge < -0.3 is 5.73 Å². The van der Waals surface area contributed by atoms with Gasteiger partial charge in [0.25, 0.3) is 0 Å². The average Bonchev–Trinajstić information content (AvgIpc) is 2.54. The Morgan fingerprint density at radius 2 is 1.79 bits per heavy atom. The van der Waals surface area contributed by atoms with E-state index in [4.69, 9.17) is 5.73 Å². The number of benzene rings is 2. The summed E-state index contributed by atoms with van der Waals surface area (Å²) in [5.41, 5.74) is 8.75. The van der Waals surface area contributed by atoms with Gasteiger partial charge in [0.2, 0.25) is 0 Å². The van der Waals surface area contributed by atoms with Crippen LogP contribution >= 0.6 is 0 Å². The van der Waals surface area contributed by atoms with Crippen LogP contribution in [0.1, 0.15) is 39.0 Å². The second-order valence-electron chi connectivity index (χ2n) is 6.28. The highest BCUT2D eigenvalue weighted by atomic mass is 19.4. The lowest BCUT2D eigenvalue weighted by molar-refractivity contribution is -0.137. The van der Waals surface area contributed by atoms with Crippen molar-refractivity contribution in [2.45, 2.75) is 37.9 Å². The Hall–Kier alpha value is -2.14. The number of alkyl halides is 3. The summed E-state index contributed by atoms with van der Waals surface area (Å²) in [6.45, 7) is 0. The van der Waals surface area contributed by atoms with E-state index in [0.717, 1.165) is 37.0 Å². The number of hydrogen-bond donors (Lipinski definition) is 1. The topological polar surface area (TPSA) is 43.1 Å². The summed E-state index contributed by atoms with van der Waals surface area (Å²) in [4.78, 5) is 12.4. The highest BCUT2D eigenvalue weighted by Gasteiger charge is 2.30. The molecule has 0 heterocycles. The molecule has 0 saturated carbocycles. The van der Waals surface area contributed by atoms with Gasteiger partial charge in [-0.2, -0.15) is 13.2 Å². The Morgan fingerprint density at radius 3 is 2.46 bits per heavy atom. The fraction of sp³-hybridized carbons (Fsp3) is 0.316. The van der Waals surface area contributed by atoms with Crippen molar-refractivity contribution in [1.29, 1.82) is 0 Å². The van der Waals surface area contributed by atoms with Gasteiger partial charge in [0.15, 0.2) is 5.78 Å².